The molecule has 0 aliphatic carbocycles. The van der Waals surface area contributed by atoms with Crippen LogP contribution in [0.3, 0.4) is 0 Å². The molecule has 98 valence electrons. The molecule has 0 saturated carbocycles. The van der Waals surface area contributed by atoms with Crippen molar-refractivity contribution in [2.24, 2.45) is 0 Å². The molecule has 0 aliphatic rings. The molecule has 0 amide bonds. The summed E-state index contributed by atoms with van der Waals surface area (Å²) in [5.74, 6) is 1.59. The molecule has 1 aromatic heterocycles. The Balaban J connectivity index is 2.26. The Labute approximate surface area is 109 Å². The van der Waals surface area contributed by atoms with Crippen LogP contribution in [-0.4, -0.2) is 6.54 Å². The van der Waals surface area contributed by atoms with E-state index >= 15 is 0 Å². The van der Waals surface area contributed by atoms with Crippen LogP contribution in [0.4, 0.5) is 0 Å². The van der Waals surface area contributed by atoms with Crippen molar-refractivity contribution in [3.05, 3.63) is 35.6 Å². The number of fused-ring (bicyclic) bond motifs is 1. The summed E-state index contributed by atoms with van der Waals surface area (Å²) in [6.45, 7) is 8.51. The maximum atomic E-state index is 6.01. The van der Waals surface area contributed by atoms with Crippen LogP contribution < -0.4 is 5.32 Å². The molecule has 2 rings (SSSR count). The Morgan fingerprint density at radius 1 is 1.28 bits per heavy atom. The second-order valence-corrected chi connectivity index (χ2v) is 4.96. The molecule has 2 heteroatoms. The summed E-state index contributed by atoms with van der Waals surface area (Å²) >= 11 is 0. The molecule has 1 atom stereocenters. The van der Waals surface area contributed by atoms with Gasteiger partial charge in [0.25, 0.3) is 0 Å². The van der Waals surface area contributed by atoms with Crippen LogP contribution in [-0.2, 0) is 6.54 Å². The Morgan fingerprint density at radius 2 is 2.11 bits per heavy atom. The number of nitrogens with one attached hydrogen (secondary N) is 1. The highest BCUT2D eigenvalue weighted by Gasteiger charge is 2.11. The van der Waals surface area contributed by atoms with Crippen molar-refractivity contribution in [1.82, 2.24) is 5.32 Å². The maximum absolute atomic E-state index is 6.01. The van der Waals surface area contributed by atoms with Gasteiger partial charge in [0, 0.05) is 5.39 Å². The standard InChI is InChI=1S/C16H23NO/c1-4-9-17-11-14-10-13-7-6-8-15(12(3)5-2)16(13)18-14/h6-8,10,12,17H,4-5,9,11H2,1-3H3. The number of benzene rings is 1. The quantitative estimate of drug-likeness (QED) is 0.761. The molecule has 2 nitrogen and oxygen atoms in total. The van der Waals surface area contributed by atoms with Gasteiger partial charge in [0.2, 0.25) is 0 Å². The van der Waals surface area contributed by atoms with Gasteiger partial charge in [-0.1, -0.05) is 39.0 Å². The third-order valence-electron chi connectivity index (χ3n) is 3.49. The normalized spacial score (nSPS) is 13.1. The van der Waals surface area contributed by atoms with E-state index in [0.29, 0.717) is 5.92 Å². The van der Waals surface area contributed by atoms with Crippen LogP contribution in [0.15, 0.2) is 28.7 Å². The van der Waals surface area contributed by atoms with Gasteiger partial charge >= 0.3 is 0 Å². The Kier molecular flexibility index (Phi) is 4.43. The molecular weight excluding hydrogens is 222 g/mol. The van der Waals surface area contributed by atoms with E-state index in [2.05, 4.69) is 50.4 Å². The lowest BCUT2D eigenvalue weighted by Crippen LogP contribution is -2.12. The van der Waals surface area contributed by atoms with E-state index in [4.69, 9.17) is 4.42 Å². The van der Waals surface area contributed by atoms with Gasteiger partial charge in [-0.2, -0.15) is 0 Å². The first kappa shape index (κ1) is 13.2. The highest BCUT2D eigenvalue weighted by Crippen LogP contribution is 2.29. The molecule has 1 heterocycles. The van der Waals surface area contributed by atoms with Crippen LogP contribution in [0.1, 0.15) is 50.9 Å². The highest BCUT2D eigenvalue weighted by atomic mass is 16.3. The summed E-state index contributed by atoms with van der Waals surface area (Å²) < 4.78 is 6.01. The van der Waals surface area contributed by atoms with Crippen LogP contribution in [0.2, 0.25) is 0 Å². The van der Waals surface area contributed by atoms with Gasteiger partial charge in [-0.25, -0.2) is 0 Å². The van der Waals surface area contributed by atoms with Crippen molar-refractivity contribution in [3.8, 4) is 0 Å². The molecule has 1 N–H and O–H groups in total. The van der Waals surface area contributed by atoms with Gasteiger partial charge in [0.1, 0.15) is 11.3 Å². The van der Waals surface area contributed by atoms with Gasteiger partial charge in [0.15, 0.2) is 0 Å². The van der Waals surface area contributed by atoms with Crippen LogP contribution >= 0.6 is 0 Å². The van der Waals surface area contributed by atoms with Crippen LogP contribution in [0, 0.1) is 0 Å². The topological polar surface area (TPSA) is 25.2 Å². The Bertz CT molecular complexity index is 501. The molecule has 1 aromatic carbocycles. The summed E-state index contributed by atoms with van der Waals surface area (Å²) in [5, 5.41) is 4.60. The third-order valence-corrected chi connectivity index (χ3v) is 3.49. The van der Waals surface area contributed by atoms with Crippen LogP contribution in [0.5, 0.6) is 0 Å². The fourth-order valence-corrected chi connectivity index (χ4v) is 2.22. The minimum Gasteiger partial charge on any atom is -0.459 e. The fraction of sp³-hybridized carbons (Fsp3) is 0.500. The predicted molar refractivity (Wildman–Crippen MR) is 76.9 cm³/mol. The second-order valence-electron chi connectivity index (χ2n) is 4.96. The van der Waals surface area contributed by atoms with Crippen LogP contribution in [0.25, 0.3) is 11.0 Å². The molecular formula is C16H23NO. The largest absolute Gasteiger partial charge is 0.459 e. The zero-order valence-corrected chi connectivity index (χ0v) is 11.6. The average molecular weight is 245 g/mol. The smallest absolute Gasteiger partial charge is 0.137 e. The monoisotopic (exact) mass is 245 g/mol. The molecule has 0 spiro atoms. The molecule has 0 saturated heterocycles. The van der Waals surface area contributed by atoms with E-state index in [1.807, 2.05) is 0 Å². The van der Waals surface area contributed by atoms with E-state index in [1.165, 1.54) is 10.9 Å². The number of hydrogen-bond donors (Lipinski definition) is 1. The molecule has 2 aromatic rings. The first-order valence-electron chi connectivity index (χ1n) is 6.98. The van der Waals surface area contributed by atoms with E-state index < -0.39 is 0 Å². The number of rotatable bonds is 6. The molecule has 0 aliphatic heterocycles. The minimum atomic E-state index is 0.552. The Hall–Kier alpha value is -1.28. The summed E-state index contributed by atoms with van der Waals surface area (Å²) in [6, 6.07) is 8.60. The van der Waals surface area contributed by atoms with Gasteiger partial charge in [-0.05, 0) is 36.9 Å². The zero-order valence-electron chi connectivity index (χ0n) is 11.6. The van der Waals surface area contributed by atoms with Crippen molar-refractivity contribution >= 4 is 11.0 Å². The van der Waals surface area contributed by atoms with E-state index in [1.54, 1.807) is 0 Å². The second kappa shape index (κ2) is 6.05. The number of hydrogen-bond acceptors (Lipinski definition) is 2. The van der Waals surface area contributed by atoms with Gasteiger partial charge in [-0.3, -0.25) is 0 Å². The first-order valence-corrected chi connectivity index (χ1v) is 6.98. The minimum absolute atomic E-state index is 0.552. The van der Waals surface area contributed by atoms with Crippen molar-refractivity contribution in [2.45, 2.75) is 46.1 Å². The number of furan rings is 1. The maximum Gasteiger partial charge on any atom is 0.137 e. The van der Waals surface area contributed by atoms with Crippen molar-refractivity contribution in [2.75, 3.05) is 6.54 Å². The lowest BCUT2D eigenvalue weighted by atomic mass is 9.97. The first-order chi connectivity index (χ1) is 8.76. The molecule has 1 unspecified atom stereocenters. The van der Waals surface area contributed by atoms with Crippen molar-refractivity contribution in [3.63, 3.8) is 0 Å². The SMILES string of the molecule is CCCNCc1cc2cccc(C(C)CC)c2o1. The lowest BCUT2D eigenvalue weighted by Gasteiger charge is -2.08. The molecule has 0 fully saturated rings. The highest BCUT2D eigenvalue weighted by molar-refractivity contribution is 5.81. The summed E-state index contributed by atoms with van der Waals surface area (Å²) in [7, 11) is 0. The molecule has 0 radical (unpaired) electrons. The van der Waals surface area contributed by atoms with Crippen molar-refractivity contribution < 1.29 is 4.42 Å². The van der Waals surface area contributed by atoms with E-state index in [9.17, 15) is 0 Å². The predicted octanol–water partition coefficient (Wildman–Crippen LogP) is 4.45. The van der Waals surface area contributed by atoms with Gasteiger partial charge in [-0.15, -0.1) is 0 Å². The van der Waals surface area contributed by atoms with Gasteiger partial charge in [0.05, 0.1) is 6.54 Å². The van der Waals surface area contributed by atoms with E-state index in [0.717, 1.165) is 37.3 Å². The Morgan fingerprint density at radius 3 is 2.83 bits per heavy atom. The number of para-hydroxylation sites is 1. The van der Waals surface area contributed by atoms with E-state index in [-0.39, 0.29) is 0 Å². The lowest BCUT2D eigenvalue weighted by molar-refractivity contribution is 0.509. The summed E-state index contributed by atoms with van der Waals surface area (Å²) in [6.07, 6.45) is 2.29. The summed E-state index contributed by atoms with van der Waals surface area (Å²) in [5.41, 5.74) is 2.40. The van der Waals surface area contributed by atoms with Crippen molar-refractivity contribution in [1.29, 1.82) is 0 Å². The fourth-order valence-electron chi connectivity index (χ4n) is 2.22. The average Bonchev–Trinajstić information content (AvgIpc) is 2.80. The molecule has 0 bridgehead atoms. The summed E-state index contributed by atoms with van der Waals surface area (Å²) in [4.78, 5) is 0. The third kappa shape index (κ3) is 2.75. The van der Waals surface area contributed by atoms with Gasteiger partial charge < -0.3 is 9.73 Å². The zero-order chi connectivity index (χ0) is 13.0. The molecule has 18 heavy (non-hydrogen) atoms.